The van der Waals surface area contributed by atoms with Gasteiger partial charge in [0, 0.05) is 18.7 Å². The van der Waals surface area contributed by atoms with Crippen LogP contribution >= 0.6 is 7.75 Å². The summed E-state index contributed by atoms with van der Waals surface area (Å²) in [5.41, 5.74) is 5.55. The van der Waals surface area contributed by atoms with Gasteiger partial charge in [0.05, 0.1) is 19.3 Å². The summed E-state index contributed by atoms with van der Waals surface area (Å²) in [6.07, 6.45) is -5.10. The third-order valence-corrected chi connectivity index (χ3v) is 7.86. The maximum atomic E-state index is 15.5. The van der Waals surface area contributed by atoms with Crippen molar-refractivity contribution >= 4 is 7.75 Å². The van der Waals surface area contributed by atoms with Gasteiger partial charge in [0.15, 0.2) is 18.2 Å². The Morgan fingerprint density at radius 2 is 1.75 bits per heavy atom. The molecule has 1 unspecified atom stereocenters. The number of hydrogen-bond acceptors (Lipinski definition) is 8. The van der Waals surface area contributed by atoms with Crippen molar-refractivity contribution in [3.8, 4) is 0 Å². The molecule has 4 N–H and O–H groups in total. The van der Waals surface area contributed by atoms with Crippen molar-refractivity contribution in [3.63, 3.8) is 0 Å². The zero-order valence-electron chi connectivity index (χ0n) is 22.4. The molecule has 216 valence electrons. The van der Waals surface area contributed by atoms with Crippen molar-refractivity contribution in [1.29, 1.82) is 0 Å². The second-order valence-electron chi connectivity index (χ2n) is 9.92. The van der Waals surface area contributed by atoms with Gasteiger partial charge >= 0.3 is 13.4 Å². The van der Waals surface area contributed by atoms with Crippen LogP contribution in [0.4, 0.5) is 4.39 Å². The van der Waals surface area contributed by atoms with Crippen LogP contribution < -0.4 is 16.8 Å². The second kappa shape index (κ2) is 12.3. The van der Waals surface area contributed by atoms with E-state index in [9.17, 15) is 19.3 Å². The molecule has 1 saturated heterocycles. The van der Waals surface area contributed by atoms with Crippen molar-refractivity contribution in [2.45, 2.75) is 64.2 Å². The third-order valence-electron chi connectivity index (χ3n) is 6.76. The number of ether oxygens (including phenoxy) is 2. The van der Waals surface area contributed by atoms with Gasteiger partial charge in [-0.1, -0.05) is 48.5 Å². The van der Waals surface area contributed by atoms with Gasteiger partial charge in [0.2, 0.25) is 0 Å². The summed E-state index contributed by atoms with van der Waals surface area (Å²) >= 11 is 0. The van der Waals surface area contributed by atoms with Crippen LogP contribution in [0.15, 0.2) is 70.4 Å². The Balaban J connectivity index is 1.49. The predicted octanol–water partition coefficient (Wildman–Crippen LogP) is 3.03. The highest BCUT2D eigenvalue weighted by atomic mass is 31.2. The number of aryl methyl sites for hydroxylation is 2. The summed E-state index contributed by atoms with van der Waals surface area (Å²) in [6.45, 7) is 5.13. The van der Waals surface area contributed by atoms with Gasteiger partial charge in [0.25, 0.3) is 5.56 Å². The Morgan fingerprint density at radius 1 is 1.12 bits per heavy atom. The van der Waals surface area contributed by atoms with Crippen LogP contribution in [0.5, 0.6) is 0 Å². The molecule has 4 rings (SSSR count). The van der Waals surface area contributed by atoms with Crippen LogP contribution in [0.2, 0.25) is 0 Å². The smallest absolute Gasteiger partial charge is 0.384 e. The molecule has 0 saturated carbocycles. The number of hydrogen-bond donors (Lipinski definition) is 3. The van der Waals surface area contributed by atoms with E-state index in [-0.39, 0.29) is 19.6 Å². The Bertz CT molecular complexity index is 1490. The summed E-state index contributed by atoms with van der Waals surface area (Å²) in [5.74, 6) is 0. The van der Waals surface area contributed by atoms with Gasteiger partial charge in [-0.3, -0.25) is 23.4 Å². The molecule has 2 heterocycles. The third kappa shape index (κ3) is 7.02. The first-order chi connectivity index (χ1) is 18.9. The number of nitrogens with two attached hydrogens (primary N) is 1. The first-order valence-electron chi connectivity index (χ1n) is 12.6. The largest absolute Gasteiger partial charge is 0.405 e. The summed E-state index contributed by atoms with van der Waals surface area (Å²) in [5, 5.41) is 10.6. The molecular weight excluding hydrogens is 544 g/mol. The van der Waals surface area contributed by atoms with Gasteiger partial charge in [-0.15, -0.1) is 0 Å². The SMILES string of the molecule is Cc1ccccc1COC[C@@H](Cc1ccccc1C)OP(N)(=O)O[C@H]1O[C@@H](n2ccc(=O)[nH]c2=O)[C@](C)(F)[C@@H]1O. The van der Waals surface area contributed by atoms with Gasteiger partial charge < -0.3 is 14.6 Å². The molecule has 1 aliphatic rings. The van der Waals surface area contributed by atoms with Crippen molar-refractivity contribution in [2.75, 3.05) is 6.61 Å². The van der Waals surface area contributed by atoms with Gasteiger partial charge in [-0.05, 0) is 43.0 Å². The van der Waals surface area contributed by atoms with E-state index in [4.69, 9.17) is 24.0 Å². The number of aromatic amines is 1. The van der Waals surface area contributed by atoms with Crippen LogP contribution in [0, 0.1) is 13.8 Å². The first kappa shape index (κ1) is 30.0. The topological polar surface area (TPSA) is 155 Å². The number of aromatic nitrogens is 2. The first-order valence-corrected chi connectivity index (χ1v) is 14.2. The number of rotatable bonds is 11. The highest BCUT2D eigenvalue weighted by Crippen LogP contribution is 2.49. The fourth-order valence-corrected chi connectivity index (χ4v) is 5.49. The fourth-order valence-electron chi connectivity index (χ4n) is 4.44. The van der Waals surface area contributed by atoms with E-state index in [1.54, 1.807) is 0 Å². The van der Waals surface area contributed by atoms with E-state index in [0.717, 1.165) is 46.0 Å². The molecule has 1 aromatic heterocycles. The highest BCUT2D eigenvalue weighted by Gasteiger charge is 2.57. The van der Waals surface area contributed by atoms with Crippen molar-refractivity contribution < 1.29 is 32.6 Å². The van der Waals surface area contributed by atoms with Gasteiger partial charge in [-0.25, -0.2) is 19.3 Å². The van der Waals surface area contributed by atoms with E-state index < -0.39 is 49.4 Å². The maximum absolute atomic E-state index is 15.5. The standard InChI is InChI=1S/C27H33FN3O8P/c1-17-8-4-6-10-19(17)14-21(16-36-15-20-11-7-5-9-18(20)2)38-40(29,35)39-24-23(33)27(3,28)25(37-24)31-13-12-22(32)30-26(31)34/h4-13,21,23-25,33H,14-16H2,1-3H3,(H2,29,35)(H,30,32,34)/t21-,23-,24-,25-,27-,40?/m1/s1. The lowest BCUT2D eigenvalue weighted by Crippen LogP contribution is -2.43. The normalized spacial score (nSPS) is 25.0. The molecule has 6 atom stereocenters. The van der Waals surface area contributed by atoms with E-state index in [2.05, 4.69) is 0 Å². The summed E-state index contributed by atoms with van der Waals surface area (Å²) in [4.78, 5) is 25.6. The fraction of sp³-hybridized carbons (Fsp3) is 0.407. The number of H-pyrrole nitrogens is 1. The lowest BCUT2D eigenvalue weighted by atomic mass is 10.0. The number of nitrogens with zero attached hydrogens (tertiary/aromatic N) is 1. The van der Waals surface area contributed by atoms with Crippen LogP contribution in [0.1, 0.15) is 35.4 Å². The maximum Gasteiger partial charge on any atom is 0.405 e. The summed E-state index contributed by atoms with van der Waals surface area (Å²) in [6, 6.07) is 16.3. The van der Waals surface area contributed by atoms with E-state index in [0.29, 0.717) is 0 Å². The van der Waals surface area contributed by atoms with Crippen LogP contribution in [0.25, 0.3) is 0 Å². The minimum absolute atomic E-state index is 0.00246. The number of alkyl halides is 1. The molecule has 3 aromatic rings. The minimum Gasteiger partial charge on any atom is -0.384 e. The second-order valence-corrected chi connectivity index (χ2v) is 11.4. The molecule has 0 amide bonds. The lowest BCUT2D eigenvalue weighted by molar-refractivity contribution is -0.134. The van der Waals surface area contributed by atoms with E-state index in [1.807, 2.05) is 67.4 Å². The van der Waals surface area contributed by atoms with Gasteiger partial charge in [-0.2, -0.15) is 0 Å². The van der Waals surface area contributed by atoms with Crippen molar-refractivity contribution in [3.05, 3.63) is 104 Å². The number of benzene rings is 2. The van der Waals surface area contributed by atoms with E-state index >= 15 is 4.39 Å². The highest BCUT2D eigenvalue weighted by molar-refractivity contribution is 7.51. The monoisotopic (exact) mass is 577 g/mol. The average molecular weight is 578 g/mol. The zero-order valence-corrected chi connectivity index (χ0v) is 23.3. The number of nitrogens with one attached hydrogen (secondary N) is 1. The zero-order chi connectivity index (χ0) is 29.1. The van der Waals surface area contributed by atoms with Crippen LogP contribution in [-0.4, -0.2) is 45.4 Å². The molecule has 13 heteroatoms. The average Bonchev–Trinajstić information content (AvgIpc) is 3.09. The minimum atomic E-state index is -4.48. The number of halogens is 1. The van der Waals surface area contributed by atoms with Crippen LogP contribution in [0.3, 0.4) is 0 Å². The van der Waals surface area contributed by atoms with Crippen molar-refractivity contribution in [2.24, 2.45) is 5.50 Å². The molecule has 1 aliphatic heterocycles. The molecule has 2 aromatic carbocycles. The molecule has 0 aliphatic carbocycles. The number of aliphatic hydroxyl groups excluding tert-OH is 1. The summed E-state index contributed by atoms with van der Waals surface area (Å²) < 4.78 is 51.9. The molecule has 0 radical (unpaired) electrons. The molecule has 11 nitrogen and oxygen atoms in total. The van der Waals surface area contributed by atoms with Gasteiger partial charge in [0.1, 0.15) is 6.10 Å². The Hall–Kier alpha value is -2.96. The lowest BCUT2D eigenvalue weighted by Gasteiger charge is -2.26. The Labute approximate surface area is 230 Å². The molecular formula is C27H33FN3O8P. The number of aliphatic hydroxyl groups is 1. The molecule has 1 fully saturated rings. The molecule has 0 spiro atoms. The quantitative estimate of drug-likeness (QED) is 0.292. The Morgan fingerprint density at radius 3 is 2.38 bits per heavy atom. The molecule has 0 bridgehead atoms. The van der Waals surface area contributed by atoms with Crippen LogP contribution in [-0.2, 0) is 36.1 Å². The van der Waals surface area contributed by atoms with Crippen molar-refractivity contribution in [1.82, 2.24) is 9.55 Å². The van der Waals surface area contributed by atoms with E-state index in [1.165, 1.54) is 0 Å². The Kier molecular flexibility index (Phi) is 9.21. The molecule has 40 heavy (non-hydrogen) atoms. The summed E-state index contributed by atoms with van der Waals surface area (Å²) in [7, 11) is -4.48. The predicted molar refractivity (Wildman–Crippen MR) is 144 cm³/mol.